The van der Waals surface area contributed by atoms with E-state index in [-0.39, 0.29) is 29.4 Å². The van der Waals surface area contributed by atoms with Crippen LogP contribution >= 0.6 is 11.8 Å². The molecule has 11 heteroatoms. The van der Waals surface area contributed by atoms with Crippen molar-refractivity contribution in [3.63, 3.8) is 0 Å². The van der Waals surface area contributed by atoms with Crippen molar-refractivity contribution in [1.29, 1.82) is 0 Å². The zero-order valence-corrected chi connectivity index (χ0v) is 20.6. The van der Waals surface area contributed by atoms with Gasteiger partial charge in [0, 0.05) is 17.0 Å². The summed E-state index contributed by atoms with van der Waals surface area (Å²) in [6.07, 6.45) is 0.235. The molecule has 2 aliphatic heterocycles. The fraction of sp³-hybridized carbons (Fsp3) is 0.304. The molecule has 0 saturated carbocycles. The van der Waals surface area contributed by atoms with Crippen LogP contribution in [0.1, 0.15) is 12.2 Å². The maximum absolute atomic E-state index is 13.7. The van der Waals surface area contributed by atoms with Crippen molar-refractivity contribution in [1.82, 2.24) is 4.31 Å². The highest BCUT2D eigenvalue weighted by atomic mass is 32.2. The highest BCUT2D eigenvalue weighted by Gasteiger charge is 2.39. The number of sulfonamides is 1. The molecule has 0 unspecified atom stereocenters. The van der Waals surface area contributed by atoms with E-state index in [1.54, 1.807) is 18.2 Å². The summed E-state index contributed by atoms with van der Waals surface area (Å²) in [6, 6.07) is 17.0. The summed E-state index contributed by atoms with van der Waals surface area (Å²) < 4.78 is 70.0. The first kappa shape index (κ1) is 23.3. The van der Waals surface area contributed by atoms with Gasteiger partial charge in [-0.15, -0.1) is 0 Å². The van der Waals surface area contributed by atoms with Gasteiger partial charge in [-0.05, 0) is 42.8 Å². The van der Waals surface area contributed by atoms with E-state index < -0.39 is 25.9 Å². The number of hydrogen-bond acceptors (Lipinski definition) is 8. The van der Waals surface area contributed by atoms with Gasteiger partial charge >= 0.3 is 0 Å². The van der Waals surface area contributed by atoms with Crippen molar-refractivity contribution in [2.75, 3.05) is 24.7 Å². The normalized spacial score (nSPS) is 19.4. The Morgan fingerprint density at radius 1 is 0.971 bits per heavy atom. The Bertz CT molecular complexity index is 1380. The van der Waals surface area contributed by atoms with Gasteiger partial charge in [-0.2, -0.15) is 4.31 Å². The zero-order chi connectivity index (χ0) is 23.8. The van der Waals surface area contributed by atoms with Crippen molar-refractivity contribution >= 4 is 31.6 Å². The summed E-state index contributed by atoms with van der Waals surface area (Å²) >= 11 is 1.43. The lowest BCUT2D eigenvalue weighted by Gasteiger charge is -2.27. The van der Waals surface area contributed by atoms with Gasteiger partial charge in [0.1, 0.15) is 19.0 Å². The molecule has 5 rings (SSSR count). The number of rotatable bonds is 7. The third-order valence-corrected chi connectivity index (χ3v) is 10.2. The van der Waals surface area contributed by atoms with Crippen molar-refractivity contribution < 1.29 is 30.7 Å². The first-order valence-electron chi connectivity index (χ1n) is 10.7. The molecule has 1 atom stereocenters. The molecule has 3 heterocycles. The van der Waals surface area contributed by atoms with E-state index in [1.165, 1.54) is 28.2 Å². The molecule has 2 aromatic carbocycles. The SMILES string of the molecule is O=S1(=O)CC[C@H](N(Cc2ccc(Sc3ccccc3)o2)S(=O)(=O)c2ccc3c(c2)OCCO3)C1. The minimum absolute atomic E-state index is 0.0199. The van der Waals surface area contributed by atoms with Gasteiger partial charge in [0.05, 0.1) is 22.9 Å². The lowest BCUT2D eigenvalue weighted by molar-refractivity contribution is 0.171. The fourth-order valence-electron chi connectivity index (χ4n) is 3.99. The second-order valence-corrected chi connectivity index (χ2v) is 13.2. The van der Waals surface area contributed by atoms with E-state index >= 15 is 0 Å². The molecule has 0 radical (unpaired) electrons. The predicted octanol–water partition coefficient (Wildman–Crippen LogP) is 3.58. The van der Waals surface area contributed by atoms with Crippen LogP contribution in [-0.2, 0) is 26.4 Å². The second kappa shape index (κ2) is 9.29. The minimum atomic E-state index is -4.05. The lowest BCUT2D eigenvalue weighted by atomic mass is 10.2. The summed E-state index contributed by atoms with van der Waals surface area (Å²) in [5.74, 6) is 1.00. The number of fused-ring (bicyclic) bond motifs is 1. The molecule has 0 bridgehead atoms. The molecule has 180 valence electrons. The molecular weight excluding hydrogens is 498 g/mol. The van der Waals surface area contributed by atoms with Gasteiger partial charge in [-0.1, -0.05) is 30.0 Å². The van der Waals surface area contributed by atoms with E-state index in [4.69, 9.17) is 13.9 Å². The highest BCUT2D eigenvalue weighted by molar-refractivity contribution is 7.99. The first-order chi connectivity index (χ1) is 16.3. The number of benzene rings is 2. The van der Waals surface area contributed by atoms with E-state index in [9.17, 15) is 16.8 Å². The third kappa shape index (κ3) is 4.97. The molecule has 0 N–H and O–H groups in total. The van der Waals surface area contributed by atoms with Gasteiger partial charge in [-0.25, -0.2) is 16.8 Å². The fourth-order valence-corrected chi connectivity index (χ4v) is 8.26. The molecule has 0 amide bonds. The number of hydrogen-bond donors (Lipinski definition) is 0. The van der Waals surface area contributed by atoms with Crippen molar-refractivity contribution in [3.05, 3.63) is 66.4 Å². The summed E-state index contributed by atoms with van der Waals surface area (Å²) in [6.45, 7) is 0.647. The van der Waals surface area contributed by atoms with Crippen LogP contribution < -0.4 is 9.47 Å². The average molecular weight is 522 g/mol. The predicted molar refractivity (Wildman–Crippen MR) is 126 cm³/mol. The number of furan rings is 1. The highest BCUT2D eigenvalue weighted by Crippen LogP contribution is 2.36. The molecule has 34 heavy (non-hydrogen) atoms. The maximum atomic E-state index is 13.7. The Labute approximate surface area is 202 Å². The molecule has 8 nitrogen and oxygen atoms in total. The first-order valence-corrected chi connectivity index (χ1v) is 14.8. The summed E-state index contributed by atoms with van der Waals surface area (Å²) in [4.78, 5) is 1.01. The van der Waals surface area contributed by atoms with Gasteiger partial charge in [0.15, 0.2) is 26.4 Å². The van der Waals surface area contributed by atoms with Gasteiger partial charge in [-0.3, -0.25) is 0 Å². The van der Waals surface area contributed by atoms with E-state index in [2.05, 4.69) is 0 Å². The molecule has 0 spiro atoms. The molecule has 0 aliphatic carbocycles. The van der Waals surface area contributed by atoms with Crippen LogP contribution in [0.2, 0.25) is 0 Å². The van der Waals surface area contributed by atoms with Crippen LogP contribution in [0.15, 0.2) is 80.0 Å². The van der Waals surface area contributed by atoms with Gasteiger partial charge in [0.2, 0.25) is 10.0 Å². The topological polar surface area (TPSA) is 103 Å². The van der Waals surface area contributed by atoms with E-state index in [0.29, 0.717) is 35.6 Å². The molecule has 3 aromatic rings. The summed E-state index contributed by atoms with van der Waals surface area (Å²) in [5, 5.41) is 0.622. The smallest absolute Gasteiger partial charge is 0.243 e. The van der Waals surface area contributed by atoms with Gasteiger partial charge < -0.3 is 13.9 Å². The average Bonchev–Trinajstić information content (AvgIpc) is 3.42. The Morgan fingerprint density at radius 3 is 2.47 bits per heavy atom. The molecular formula is C23H23NO7S3. The van der Waals surface area contributed by atoms with Crippen LogP contribution in [0.5, 0.6) is 11.5 Å². The minimum Gasteiger partial charge on any atom is -0.486 e. The number of nitrogens with zero attached hydrogens (tertiary/aromatic N) is 1. The summed E-state index contributed by atoms with van der Waals surface area (Å²) in [5.41, 5.74) is 0. The van der Waals surface area contributed by atoms with Crippen LogP contribution in [0.4, 0.5) is 0 Å². The van der Waals surface area contributed by atoms with Crippen molar-refractivity contribution in [3.8, 4) is 11.5 Å². The Morgan fingerprint density at radius 2 is 1.74 bits per heavy atom. The molecule has 1 aromatic heterocycles. The summed E-state index contributed by atoms with van der Waals surface area (Å²) in [7, 11) is -7.36. The largest absolute Gasteiger partial charge is 0.486 e. The standard InChI is InChI=1S/C23H23NO7S3/c25-33(26)13-10-17(16-33)24(15-18-6-9-23(31-18)32-19-4-2-1-3-5-19)34(27,28)20-7-8-21-22(14-20)30-12-11-29-21/h1-9,14,17H,10-13,15-16H2/t17-/m0/s1. The van der Waals surface area contributed by atoms with Crippen molar-refractivity contribution in [2.45, 2.75) is 33.9 Å². The van der Waals surface area contributed by atoms with Crippen molar-refractivity contribution in [2.24, 2.45) is 0 Å². The zero-order valence-electron chi connectivity index (χ0n) is 18.1. The quantitative estimate of drug-likeness (QED) is 0.465. The Kier molecular flexibility index (Phi) is 6.36. The van der Waals surface area contributed by atoms with Gasteiger partial charge in [0.25, 0.3) is 0 Å². The molecule has 1 saturated heterocycles. The Balaban J connectivity index is 1.44. The maximum Gasteiger partial charge on any atom is 0.243 e. The molecule has 2 aliphatic rings. The number of sulfone groups is 1. The third-order valence-electron chi connectivity index (χ3n) is 5.65. The monoisotopic (exact) mass is 521 g/mol. The van der Waals surface area contributed by atoms with E-state index in [1.807, 2.05) is 30.3 Å². The lowest BCUT2D eigenvalue weighted by Crippen LogP contribution is -2.40. The van der Waals surface area contributed by atoms with Crippen LogP contribution in [0.3, 0.4) is 0 Å². The molecule has 1 fully saturated rings. The van der Waals surface area contributed by atoms with Crippen LogP contribution in [0.25, 0.3) is 0 Å². The van der Waals surface area contributed by atoms with Crippen LogP contribution in [-0.4, -0.2) is 51.9 Å². The number of ether oxygens (including phenoxy) is 2. The van der Waals surface area contributed by atoms with Crippen LogP contribution in [0, 0.1) is 0 Å². The second-order valence-electron chi connectivity index (χ2n) is 8.05. The van der Waals surface area contributed by atoms with E-state index in [0.717, 1.165) is 4.90 Å². The Hall–Kier alpha value is -2.47.